The van der Waals surface area contributed by atoms with Crippen LogP contribution in [0.4, 0.5) is 0 Å². The second-order valence-corrected chi connectivity index (χ2v) is 1.27. The number of nitroso groups, excluding NO2 is 2. The van der Waals surface area contributed by atoms with E-state index < -0.39 is 6.04 Å². The van der Waals surface area contributed by atoms with Gasteiger partial charge in [0, 0.05) is 0 Å². The summed E-state index contributed by atoms with van der Waals surface area (Å²) >= 11 is 0. The molecule has 0 aromatic rings. The molecule has 0 radical (unpaired) electrons. The molecule has 0 aliphatic rings. The van der Waals surface area contributed by atoms with Crippen LogP contribution in [0.3, 0.4) is 0 Å². The Morgan fingerprint density at radius 3 is 2.29 bits per heavy atom. The van der Waals surface area contributed by atoms with Gasteiger partial charge in [0.2, 0.25) is 0 Å². The molecule has 0 aromatic carbocycles. The summed E-state index contributed by atoms with van der Waals surface area (Å²) in [4.78, 5) is 18.8. The molecule has 7 heavy (non-hydrogen) atoms. The molecule has 0 aromatic heterocycles. The van der Waals surface area contributed by atoms with E-state index in [1.54, 1.807) is 0 Å². The van der Waals surface area contributed by atoms with Crippen LogP contribution in [0.5, 0.6) is 0 Å². The van der Waals surface area contributed by atoms with Crippen molar-refractivity contribution in [2.45, 2.75) is 13.0 Å². The van der Waals surface area contributed by atoms with E-state index in [4.69, 9.17) is 0 Å². The zero-order valence-corrected chi connectivity index (χ0v) is 4.00. The van der Waals surface area contributed by atoms with E-state index in [0.29, 0.717) is 0 Å². The van der Waals surface area contributed by atoms with Crippen LogP contribution < -0.4 is 0 Å². The van der Waals surface area contributed by atoms with Gasteiger partial charge in [-0.2, -0.15) is 9.81 Å². The predicted octanol–water partition coefficient (Wildman–Crippen LogP) is 0.908. The summed E-state index contributed by atoms with van der Waals surface area (Å²) in [6.07, 6.45) is 0. The van der Waals surface area contributed by atoms with E-state index in [1.165, 1.54) is 6.92 Å². The third-order valence-electron chi connectivity index (χ3n) is 0.519. The smallest absolute Gasteiger partial charge is 0.112 e. The van der Waals surface area contributed by atoms with Crippen molar-refractivity contribution in [2.24, 2.45) is 10.4 Å². The van der Waals surface area contributed by atoms with Crippen LogP contribution in [0.15, 0.2) is 10.4 Å². The van der Waals surface area contributed by atoms with E-state index in [1.807, 2.05) is 0 Å². The third-order valence-corrected chi connectivity index (χ3v) is 0.519. The monoisotopic (exact) mass is 102 g/mol. The van der Waals surface area contributed by atoms with E-state index >= 15 is 0 Å². The van der Waals surface area contributed by atoms with Gasteiger partial charge in [0.25, 0.3) is 0 Å². The Kier molecular flexibility index (Phi) is 3.00. The van der Waals surface area contributed by atoms with E-state index in [9.17, 15) is 9.81 Å². The Morgan fingerprint density at radius 2 is 2.14 bits per heavy atom. The van der Waals surface area contributed by atoms with Gasteiger partial charge in [-0.05, 0) is 6.92 Å². The lowest BCUT2D eigenvalue weighted by Crippen LogP contribution is -1.99. The largest absolute Gasteiger partial charge is 0.151 e. The first-order valence-electron chi connectivity index (χ1n) is 1.93. The molecule has 0 unspecified atom stereocenters. The predicted molar refractivity (Wildman–Crippen MR) is 25.9 cm³/mol. The molecule has 1 atom stereocenters. The molecule has 0 amide bonds. The van der Waals surface area contributed by atoms with Gasteiger partial charge in [-0.25, -0.2) is 0 Å². The first-order valence-corrected chi connectivity index (χ1v) is 1.93. The van der Waals surface area contributed by atoms with Gasteiger partial charge < -0.3 is 0 Å². The second kappa shape index (κ2) is 3.39. The van der Waals surface area contributed by atoms with Crippen molar-refractivity contribution in [3.63, 3.8) is 0 Å². The summed E-state index contributed by atoms with van der Waals surface area (Å²) in [6.45, 7) is 1.53. The molecule has 0 heterocycles. The van der Waals surface area contributed by atoms with Gasteiger partial charge >= 0.3 is 0 Å². The fourth-order valence-electron chi connectivity index (χ4n) is 0.141. The van der Waals surface area contributed by atoms with Crippen molar-refractivity contribution in [1.82, 2.24) is 0 Å². The normalized spacial score (nSPS) is 12.7. The van der Waals surface area contributed by atoms with E-state index in [0.717, 1.165) is 0 Å². The van der Waals surface area contributed by atoms with Crippen LogP contribution in [0.2, 0.25) is 0 Å². The topological polar surface area (TPSA) is 58.9 Å². The van der Waals surface area contributed by atoms with Crippen molar-refractivity contribution in [1.29, 1.82) is 0 Å². The van der Waals surface area contributed by atoms with Gasteiger partial charge in [0.05, 0.1) is 0 Å². The Balaban J connectivity index is 3.15. The van der Waals surface area contributed by atoms with Gasteiger partial charge in [0.1, 0.15) is 12.6 Å². The number of rotatable bonds is 3. The third kappa shape index (κ3) is 3.02. The van der Waals surface area contributed by atoms with Gasteiger partial charge in [-0.15, -0.1) is 0 Å². The Labute approximate surface area is 40.9 Å². The summed E-state index contributed by atoms with van der Waals surface area (Å²) in [6, 6.07) is -0.461. The lowest BCUT2D eigenvalue weighted by atomic mass is 10.4. The molecule has 0 saturated heterocycles. The quantitative estimate of drug-likeness (QED) is 0.497. The molecular formula is C3H6N2O2. The molecule has 0 fully saturated rings. The van der Waals surface area contributed by atoms with E-state index in [2.05, 4.69) is 10.4 Å². The highest BCUT2D eigenvalue weighted by Crippen LogP contribution is 1.85. The standard InChI is InChI=1S/C3H6N2O2/c1-3(5-7)2-4-6/h3H,2H2,1H3/t3-/m0/s1. The van der Waals surface area contributed by atoms with Crippen molar-refractivity contribution in [2.75, 3.05) is 6.54 Å². The molecule has 0 spiro atoms. The highest BCUT2D eigenvalue weighted by atomic mass is 16.3. The molecule has 4 heteroatoms. The summed E-state index contributed by atoms with van der Waals surface area (Å²) < 4.78 is 0. The van der Waals surface area contributed by atoms with Crippen LogP contribution in [-0.4, -0.2) is 12.6 Å². The van der Waals surface area contributed by atoms with Crippen molar-refractivity contribution in [3.05, 3.63) is 9.81 Å². The molecule has 0 saturated carbocycles. The number of hydrogen-bond acceptors (Lipinski definition) is 4. The lowest BCUT2D eigenvalue weighted by Gasteiger charge is -1.86. The first kappa shape index (κ1) is 6.20. The molecule has 0 N–H and O–H groups in total. The van der Waals surface area contributed by atoms with Crippen molar-refractivity contribution >= 4 is 0 Å². The van der Waals surface area contributed by atoms with Crippen LogP contribution in [0.25, 0.3) is 0 Å². The minimum Gasteiger partial charge on any atom is -0.151 e. The highest BCUT2D eigenvalue weighted by Gasteiger charge is 1.96. The minimum atomic E-state index is -0.461. The van der Waals surface area contributed by atoms with Gasteiger partial charge in [-0.3, -0.25) is 0 Å². The van der Waals surface area contributed by atoms with E-state index in [-0.39, 0.29) is 6.54 Å². The average Bonchev–Trinajstić information content (AvgIpc) is 1.68. The Hall–Kier alpha value is -0.800. The summed E-state index contributed by atoms with van der Waals surface area (Å²) in [5, 5.41) is 5.00. The van der Waals surface area contributed by atoms with Crippen LogP contribution in [-0.2, 0) is 0 Å². The molecule has 0 bridgehead atoms. The van der Waals surface area contributed by atoms with Crippen molar-refractivity contribution in [3.8, 4) is 0 Å². The first-order chi connectivity index (χ1) is 3.31. The lowest BCUT2D eigenvalue weighted by molar-refractivity contribution is 0.746. The van der Waals surface area contributed by atoms with Crippen molar-refractivity contribution < 1.29 is 0 Å². The molecule has 0 aliphatic carbocycles. The van der Waals surface area contributed by atoms with Gasteiger partial charge in [0.15, 0.2) is 0 Å². The summed E-state index contributed by atoms with van der Waals surface area (Å²) in [5.74, 6) is 0. The maximum atomic E-state index is 9.45. The highest BCUT2D eigenvalue weighted by molar-refractivity contribution is 4.59. The Bertz CT molecular complexity index is 73.3. The number of hydrogen-bond donors (Lipinski definition) is 0. The van der Waals surface area contributed by atoms with Crippen LogP contribution >= 0.6 is 0 Å². The minimum absolute atomic E-state index is 0.0104. The fourth-order valence-corrected chi connectivity index (χ4v) is 0.141. The van der Waals surface area contributed by atoms with Crippen LogP contribution in [0, 0.1) is 9.81 Å². The zero-order chi connectivity index (χ0) is 5.70. The molecule has 0 aliphatic heterocycles. The zero-order valence-electron chi connectivity index (χ0n) is 4.00. The summed E-state index contributed by atoms with van der Waals surface area (Å²) in [7, 11) is 0. The summed E-state index contributed by atoms with van der Waals surface area (Å²) in [5.41, 5.74) is 0. The SMILES string of the molecule is C[C@@H](CN=O)N=O. The average molecular weight is 102 g/mol. The van der Waals surface area contributed by atoms with Gasteiger partial charge in [-0.1, -0.05) is 10.4 Å². The molecule has 40 valence electrons. The maximum absolute atomic E-state index is 9.45. The molecular weight excluding hydrogens is 96.0 g/mol. The Morgan fingerprint density at radius 1 is 1.57 bits per heavy atom. The van der Waals surface area contributed by atoms with Crippen LogP contribution in [0.1, 0.15) is 6.92 Å². The molecule has 4 nitrogen and oxygen atoms in total. The number of nitrogens with zero attached hydrogens (tertiary/aromatic N) is 2. The fraction of sp³-hybridized carbons (Fsp3) is 1.00. The second-order valence-electron chi connectivity index (χ2n) is 1.27. The molecule has 0 rings (SSSR count). The maximum Gasteiger partial charge on any atom is 0.112 e.